The van der Waals surface area contributed by atoms with Gasteiger partial charge >= 0.3 is 0 Å². The van der Waals surface area contributed by atoms with Gasteiger partial charge < -0.3 is 19.6 Å². The second-order valence-corrected chi connectivity index (χ2v) is 15.4. The van der Waals surface area contributed by atoms with E-state index in [9.17, 15) is 24.3 Å². The lowest BCUT2D eigenvalue weighted by molar-refractivity contribution is -0.136. The van der Waals surface area contributed by atoms with Crippen LogP contribution in [0.4, 0.5) is 11.4 Å². The zero-order valence-corrected chi connectivity index (χ0v) is 31.3. The van der Waals surface area contributed by atoms with Gasteiger partial charge in [-0.25, -0.2) is 0 Å². The fraction of sp³-hybridized carbons (Fsp3) is 0.439. The van der Waals surface area contributed by atoms with E-state index in [2.05, 4.69) is 43.1 Å². The molecule has 5 aliphatic heterocycles. The van der Waals surface area contributed by atoms with Crippen molar-refractivity contribution < 1.29 is 29.0 Å². The molecule has 14 heteroatoms. The first-order chi connectivity index (χ1) is 26.7. The highest BCUT2D eigenvalue weighted by Crippen LogP contribution is 2.33. The van der Waals surface area contributed by atoms with Gasteiger partial charge in [-0.05, 0) is 67.3 Å². The number of nitrogens with one attached hydrogen (secondary N) is 1. The molecule has 13 nitrogen and oxygen atoms in total. The Labute approximate surface area is 325 Å². The Kier molecular flexibility index (Phi) is 10.5. The highest BCUT2D eigenvalue weighted by molar-refractivity contribution is 6.31. The smallest absolute Gasteiger partial charge is 0.262 e. The molecule has 0 radical (unpaired) electrons. The topological polar surface area (TPSA) is 150 Å². The number of piperazine rings is 1. The Morgan fingerprint density at radius 3 is 2.09 bits per heavy atom. The standard InChI is InChI=1S/C41H44ClN7O6/c42-35-24-32(7-3-27(35)25-43)55-31-13-17-45(18-14-31)28-4-1-26(2-5-28)39(52)48-21-19-47(20-22-48)29-11-15-46(16-12-29)30-6-8-33-34(23-30)41(54)49(40(33)53)36-9-10-37(50)44-38(36)51/h1-8,23-24,29,31,36,39,52H,9-22H2,(H,44,50,51). The van der Waals surface area contributed by atoms with Gasteiger partial charge in [0.05, 0.1) is 21.7 Å². The molecule has 286 valence electrons. The van der Waals surface area contributed by atoms with Crippen LogP contribution in [0.5, 0.6) is 5.75 Å². The highest BCUT2D eigenvalue weighted by atomic mass is 35.5. The Hall–Kier alpha value is -5.00. The van der Waals surface area contributed by atoms with Gasteiger partial charge in [-0.3, -0.25) is 39.2 Å². The Morgan fingerprint density at radius 1 is 0.764 bits per heavy atom. The number of piperidine rings is 3. The molecule has 4 amide bonds. The summed E-state index contributed by atoms with van der Waals surface area (Å²) in [5.41, 5.74) is 3.92. The maximum atomic E-state index is 13.3. The molecule has 2 N–H and O–H groups in total. The van der Waals surface area contributed by atoms with E-state index < -0.39 is 35.9 Å². The molecule has 0 aliphatic carbocycles. The zero-order valence-electron chi connectivity index (χ0n) is 30.5. The number of aliphatic hydroxyl groups is 1. The van der Waals surface area contributed by atoms with E-state index in [0.717, 1.165) is 99.9 Å². The Morgan fingerprint density at radius 2 is 1.42 bits per heavy atom. The molecule has 0 spiro atoms. The van der Waals surface area contributed by atoms with Crippen LogP contribution in [-0.4, -0.2) is 114 Å². The number of imide groups is 2. The van der Waals surface area contributed by atoms with Crippen molar-refractivity contribution in [2.45, 2.75) is 62.9 Å². The molecule has 8 rings (SSSR count). The second-order valence-electron chi connectivity index (χ2n) is 15.0. The molecule has 4 saturated heterocycles. The number of anilines is 2. The molecule has 5 aliphatic rings. The first-order valence-corrected chi connectivity index (χ1v) is 19.5. The lowest BCUT2D eigenvalue weighted by Gasteiger charge is -2.44. The molecule has 0 aromatic heterocycles. The average molecular weight is 766 g/mol. The maximum Gasteiger partial charge on any atom is 0.262 e. The van der Waals surface area contributed by atoms with Crippen LogP contribution in [0.2, 0.25) is 5.02 Å². The van der Waals surface area contributed by atoms with Crippen LogP contribution in [0.3, 0.4) is 0 Å². The van der Waals surface area contributed by atoms with Gasteiger partial charge in [0.2, 0.25) is 11.8 Å². The van der Waals surface area contributed by atoms with E-state index in [1.807, 2.05) is 18.2 Å². The average Bonchev–Trinajstić information content (AvgIpc) is 3.46. The minimum absolute atomic E-state index is 0.0823. The first-order valence-electron chi connectivity index (χ1n) is 19.1. The van der Waals surface area contributed by atoms with Crippen molar-refractivity contribution >= 4 is 46.6 Å². The zero-order chi connectivity index (χ0) is 38.2. The largest absolute Gasteiger partial charge is 0.490 e. The van der Waals surface area contributed by atoms with Crippen LogP contribution in [0.25, 0.3) is 0 Å². The van der Waals surface area contributed by atoms with Gasteiger partial charge in [0.15, 0.2) is 0 Å². The van der Waals surface area contributed by atoms with E-state index in [-0.39, 0.29) is 18.9 Å². The summed E-state index contributed by atoms with van der Waals surface area (Å²) in [7, 11) is 0. The Balaban J connectivity index is 0.787. The highest BCUT2D eigenvalue weighted by Gasteiger charge is 2.45. The van der Waals surface area contributed by atoms with Gasteiger partial charge in [-0.2, -0.15) is 5.26 Å². The van der Waals surface area contributed by atoms with Crippen molar-refractivity contribution in [1.82, 2.24) is 20.0 Å². The van der Waals surface area contributed by atoms with Gasteiger partial charge in [0.1, 0.15) is 30.2 Å². The number of nitrogens with zero attached hydrogens (tertiary/aromatic N) is 6. The summed E-state index contributed by atoms with van der Waals surface area (Å²) in [6.45, 7) is 6.63. The van der Waals surface area contributed by atoms with Gasteiger partial charge in [0.25, 0.3) is 11.8 Å². The predicted molar refractivity (Wildman–Crippen MR) is 205 cm³/mol. The summed E-state index contributed by atoms with van der Waals surface area (Å²) in [6, 6.07) is 20.3. The number of carbonyl (C=O) groups excluding carboxylic acids is 4. The van der Waals surface area contributed by atoms with Gasteiger partial charge in [0, 0.05) is 95.1 Å². The molecular weight excluding hydrogens is 722 g/mol. The van der Waals surface area contributed by atoms with E-state index in [1.54, 1.807) is 30.3 Å². The summed E-state index contributed by atoms with van der Waals surface area (Å²) < 4.78 is 6.15. The number of hydrogen-bond acceptors (Lipinski definition) is 11. The third-order valence-corrected chi connectivity index (χ3v) is 12.1. The number of halogens is 1. The first kappa shape index (κ1) is 36.9. The number of carbonyl (C=O) groups is 4. The number of amides is 4. The number of rotatable bonds is 8. The van der Waals surface area contributed by atoms with Crippen LogP contribution in [0.15, 0.2) is 60.7 Å². The lowest BCUT2D eigenvalue weighted by atomic mass is 10.0. The monoisotopic (exact) mass is 765 g/mol. The molecule has 55 heavy (non-hydrogen) atoms. The van der Waals surface area contributed by atoms with Crippen LogP contribution in [0.1, 0.15) is 76.6 Å². The fourth-order valence-corrected chi connectivity index (χ4v) is 8.86. The normalized spacial score (nSPS) is 22.4. The van der Waals surface area contributed by atoms with Gasteiger partial charge in [-0.1, -0.05) is 23.7 Å². The number of aliphatic hydroxyl groups excluding tert-OH is 1. The lowest BCUT2D eigenvalue weighted by Crippen LogP contribution is -2.54. The molecule has 4 fully saturated rings. The van der Waals surface area contributed by atoms with Crippen molar-refractivity contribution in [3.63, 3.8) is 0 Å². The molecule has 2 atom stereocenters. The summed E-state index contributed by atoms with van der Waals surface area (Å²) in [6.07, 6.45) is 3.30. The molecule has 0 saturated carbocycles. The SMILES string of the molecule is N#Cc1ccc(OC2CCN(c3ccc(C(O)N4CCN(C5CCN(c6ccc7c(c6)C(=O)N(C6CCC(=O)NC6=O)C7=O)CC5)CC4)cc3)CC2)cc1Cl. The van der Waals surface area contributed by atoms with Crippen LogP contribution in [-0.2, 0) is 9.59 Å². The second kappa shape index (κ2) is 15.6. The van der Waals surface area contributed by atoms with Crippen molar-refractivity contribution in [2.75, 3.05) is 62.2 Å². The summed E-state index contributed by atoms with van der Waals surface area (Å²) >= 11 is 6.17. The van der Waals surface area contributed by atoms with Crippen molar-refractivity contribution in [3.8, 4) is 11.8 Å². The van der Waals surface area contributed by atoms with E-state index >= 15 is 0 Å². The predicted octanol–water partition coefficient (Wildman–Crippen LogP) is 3.94. The molecule has 3 aromatic rings. The third-order valence-electron chi connectivity index (χ3n) is 11.8. The summed E-state index contributed by atoms with van der Waals surface area (Å²) in [5, 5.41) is 23.1. The van der Waals surface area contributed by atoms with Crippen LogP contribution < -0.4 is 19.9 Å². The maximum absolute atomic E-state index is 13.3. The number of hydrogen-bond donors (Lipinski definition) is 2. The number of benzene rings is 3. The quantitative estimate of drug-likeness (QED) is 0.321. The minimum atomic E-state index is -0.975. The van der Waals surface area contributed by atoms with E-state index in [0.29, 0.717) is 33.5 Å². The van der Waals surface area contributed by atoms with Crippen molar-refractivity contribution in [3.05, 3.63) is 87.9 Å². The third kappa shape index (κ3) is 7.52. The number of ether oxygens (including phenoxy) is 1. The van der Waals surface area contributed by atoms with E-state index in [4.69, 9.17) is 21.6 Å². The van der Waals surface area contributed by atoms with Gasteiger partial charge in [-0.15, -0.1) is 0 Å². The molecule has 2 unspecified atom stereocenters. The summed E-state index contributed by atoms with van der Waals surface area (Å²) in [5.74, 6) is -1.30. The van der Waals surface area contributed by atoms with Crippen molar-refractivity contribution in [2.24, 2.45) is 0 Å². The molecule has 3 aromatic carbocycles. The summed E-state index contributed by atoms with van der Waals surface area (Å²) in [4.78, 5) is 60.7. The number of nitriles is 1. The molecular formula is C41H44ClN7O6. The fourth-order valence-electron chi connectivity index (χ4n) is 8.64. The van der Waals surface area contributed by atoms with Crippen LogP contribution in [0, 0.1) is 11.3 Å². The van der Waals surface area contributed by atoms with E-state index in [1.165, 1.54) is 0 Å². The Bertz CT molecular complexity index is 2010. The van der Waals surface area contributed by atoms with Crippen LogP contribution >= 0.6 is 11.6 Å². The van der Waals surface area contributed by atoms with Crippen molar-refractivity contribution in [1.29, 1.82) is 5.26 Å². The number of fused-ring (bicyclic) bond motifs is 1. The minimum Gasteiger partial charge on any atom is -0.490 e. The molecule has 5 heterocycles. The molecule has 0 bridgehead atoms.